The summed E-state index contributed by atoms with van der Waals surface area (Å²) in [7, 11) is 3.34. The zero-order chi connectivity index (χ0) is 14.8. The first kappa shape index (κ1) is 14.4. The molecule has 1 aromatic rings. The molecule has 1 amide bonds. The first-order chi connectivity index (χ1) is 10.2. The highest BCUT2D eigenvalue weighted by molar-refractivity contribution is 5.78. The summed E-state index contributed by atoms with van der Waals surface area (Å²) in [6.07, 6.45) is 0.498. The van der Waals surface area contributed by atoms with Gasteiger partial charge in [0.15, 0.2) is 0 Å². The minimum absolute atomic E-state index is 0.0204. The van der Waals surface area contributed by atoms with Crippen molar-refractivity contribution >= 4 is 11.6 Å². The fourth-order valence-corrected chi connectivity index (χ4v) is 3.28. The highest BCUT2D eigenvalue weighted by atomic mass is 16.5. The van der Waals surface area contributed by atoms with Gasteiger partial charge in [0.05, 0.1) is 0 Å². The molecule has 2 heterocycles. The molecule has 3 rings (SSSR count). The summed E-state index contributed by atoms with van der Waals surface area (Å²) in [5.41, 5.74) is 2.40. The Hall–Kier alpha value is -1.59. The smallest absolute Gasteiger partial charge is 0.223 e. The molecule has 114 valence electrons. The molecule has 0 radical (unpaired) electrons. The molecule has 21 heavy (non-hydrogen) atoms. The summed E-state index contributed by atoms with van der Waals surface area (Å²) in [5, 5.41) is 3.37. The Kier molecular flexibility index (Phi) is 4.12. The number of benzene rings is 1. The fourth-order valence-electron chi connectivity index (χ4n) is 3.28. The third-order valence-electron chi connectivity index (χ3n) is 4.53. The van der Waals surface area contributed by atoms with Gasteiger partial charge in [0.25, 0.3) is 0 Å². The maximum Gasteiger partial charge on any atom is 0.223 e. The van der Waals surface area contributed by atoms with Crippen molar-refractivity contribution in [3.8, 4) is 0 Å². The molecule has 3 atom stereocenters. The number of para-hydroxylation sites is 1. The van der Waals surface area contributed by atoms with E-state index in [1.165, 1.54) is 5.56 Å². The Morgan fingerprint density at radius 3 is 2.57 bits per heavy atom. The lowest BCUT2D eigenvalue weighted by Crippen LogP contribution is -2.31. The van der Waals surface area contributed by atoms with Gasteiger partial charge in [0, 0.05) is 51.9 Å². The minimum atomic E-state index is -0.0204. The normalized spacial score (nSPS) is 27.5. The van der Waals surface area contributed by atoms with Gasteiger partial charge < -0.3 is 19.7 Å². The van der Waals surface area contributed by atoms with Crippen molar-refractivity contribution in [2.45, 2.75) is 24.5 Å². The van der Waals surface area contributed by atoms with Gasteiger partial charge >= 0.3 is 0 Å². The van der Waals surface area contributed by atoms with Gasteiger partial charge in [-0.25, -0.2) is 0 Å². The molecule has 2 aliphatic rings. The molecule has 1 fully saturated rings. The quantitative estimate of drug-likeness (QED) is 0.912. The number of hydrogen-bond acceptors (Lipinski definition) is 4. The van der Waals surface area contributed by atoms with Crippen molar-refractivity contribution in [1.82, 2.24) is 4.90 Å². The molecule has 1 N–H and O–H groups in total. The zero-order valence-electron chi connectivity index (χ0n) is 12.5. The van der Waals surface area contributed by atoms with Crippen LogP contribution in [-0.2, 0) is 14.3 Å². The third-order valence-corrected chi connectivity index (χ3v) is 4.53. The number of nitrogens with zero attached hydrogens (tertiary/aromatic N) is 1. The van der Waals surface area contributed by atoms with Crippen molar-refractivity contribution in [3.05, 3.63) is 29.8 Å². The Morgan fingerprint density at radius 2 is 1.90 bits per heavy atom. The van der Waals surface area contributed by atoms with E-state index in [0.29, 0.717) is 19.5 Å². The maximum absolute atomic E-state index is 12.5. The number of carbonyl (C=O) groups is 1. The Balaban J connectivity index is 1.63. The number of hydrogen-bond donors (Lipinski definition) is 1. The van der Waals surface area contributed by atoms with E-state index in [1.54, 1.807) is 14.2 Å². The lowest BCUT2D eigenvalue weighted by atomic mass is 9.97. The van der Waals surface area contributed by atoms with Crippen LogP contribution in [0.2, 0.25) is 0 Å². The van der Waals surface area contributed by atoms with E-state index in [1.807, 2.05) is 17.0 Å². The molecular formula is C16H22N2O3. The highest BCUT2D eigenvalue weighted by Gasteiger charge is 2.36. The summed E-state index contributed by atoms with van der Waals surface area (Å²) in [6.45, 7) is 2.08. The number of likely N-dealkylation sites (tertiary alicyclic amines) is 1. The van der Waals surface area contributed by atoms with Crippen LogP contribution in [0.5, 0.6) is 0 Å². The monoisotopic (exact) mass is 290 g/mol. The number of anilines is 1. The van der Waals surface area contributed by atoms with Gasteiger partial charge in [-0.15, -0.1) is 0 Å². The summed E-state index contributed by atoms with van der Waals surface area (Å²) >= 11 is 0. The van der Waals surface area contributed by atoms with Crippen LogP contribution >= 0.6 is 0 Å². The Labute approximate surface area is 125 Å². The van der Waals surface area contributed by atoms with E-state index in [2.05, 4.69) is 17.4 Å². The van der Waals surface area contributed by atoms with E-state index >= 15 is 0 Å². The molecule has 1 aromatic carbocycles. The average molecular weight is 290 g/mol. The second kappa shape index (κ2) is 6.03. The summed E-state index contributed by atoms with van der Waals surface area (Å²) < 4.78 is 10.8. The summed E-state index contributed by atoms with van der Waals surface area (Å²) in [5.74, 6) is 0.441. The molecular weight excluding hydrogens is 268 g/mol. The predicted octanol–water partition coefficient (Wildman–Crippen LogP) is 1.46. The lowest BCUT2D eigenvalue weighted by molar-refractivity contribution is -0.131. The average Bonchev–Trinajstić information content (AvgIpc) is 3.11. The van der Waals surface area contributed by atoms with Crippen molar-refractivity contribution in [2.24, 2.45) is 0 Å². The topological polar surface area (TPSA) is 50.8 Å². The van der Waals surface area contributed by atoms with E-state index in [4.69, 9.17) is 9.47 Å². The molecule has 5 nitrogen and oxygen atoms in total. The molecule has 5 heteroatoms. The van der Waals surface area contributed by atoms with Crippen molar-refractivity contribution in [2.75, 3.05) is 39.2 Å². The van der Waals surface area contributed by atoms with Crippen LogP contribution in [0.15, 0.2) is 24.3 Å². The number of rotatable bonds is 4. The van der Waals surface area contributed by atoms with Crippen LogP contribution < -0.4 is 5.32 Å². The number of fused-ring (bicyclic) bond motifs is 1. The number of ether oxygens (including phenoxy) is 2. The molecule has 0 aliphatic carbocycles. The van der Waals surface area contributed by atoms with Gasteiger partial charge in [0.2, 0.25) is 5.91 Å². The van der Waals surface area contributed by atoms with Crippen LogP contribution in [0.4, 0.5) is 5.69 Å². The molecule has 2 aliphatic heterocycles. The van der Waals surface area contributed by atoms with Gasteiger partial charge in [-0.3, -0.25) is 4.79 Å². The Bertz CT molecular complexity index is 508. The van der Waals surface area contributed by atoms with E-state index in [-0.39, 0.29) is 24.0 Å². The molecule has 0 aromatic heterocycles. The molecule has 0 saturated carbocycles. The van der Waals surface area contributed by atoms with Gasteiger partial charge in [-0.1, -0.05) is 18.2 Å². The van der Waals surface area contributed by atoms with Crippen LogP contribution in [0.1, 0.15) is 17.9 Å². The van der Waals surface area contributed by atoms with Crippen LogP contribution in [0.25, 0.3) is 0 Å². The minimum Gasteiger partial charge on any atom is -0.384 e. The standard InChI is InChI=1S/C16H22N2O3/c1-20-14-9-18(10-15(14)21-2)16(19)7-11-8-17-13-6-4-3-5-12(11)13/h3-6,11,14-15,17H,7-10H2,1-2H3. The number of methoxy groups -OCH3 is 2. The SMILES string of the molecule is COC1CN(C(=O)CC2CNc3ccccc32)CC1OC. The van der Waals surface area contributed by atoms with E-state index < -0.39 is 0 Å². The second-order valence-corrected chi connectivity index (χ2v) is 5.72. The summed E-state index contributed by atoms with van der Waals surface area (Å²) in [4.78, 5) is 14.4. The van der Waals surface area contributed by atoms with Crippen molar-refractivity contribution < 1.29 is 14.3 Å². The summed E-state index contributed by atoms with van der Waals surface area (Å²) in [6, 6.07) is 8.22. The molecule has 3 unspecified atom stereocenters. The molecule has 0 spiro atoms. The third kappa shape index (κ3) is 2.76. The van der Waals surface area contributed by atoms with Gasteiger partial charge in [0.1, 0.15) is 12.2 Å². The largest absolute Gasteiger partial charge is 0.384 e. The first-order valence-electron chi connectivity index (χ1n) is 7.39. The molecule has 0 bridgehead atoms. The van der Waals surface area contributed by atoms with Crippen LogP contribution in [0.3, 0.4) is 0 Å². The van der Waals surface area contributed by atoms with Crippen LogP contribution in [-0.4, -0.2) is 56.9 Å². The van der Waals surface area contributed by atoms with E-state index in [9.17, 15) is 4.79 Å². The highest BCUT2D eigenvalue weighted by Crippen LogP contribution is 2.34. The van der Waals surface area contributed by atoms with Gasteiger partial charge in [-0.2, -0.15) is 0 Å². The zero-order valence-corrected chi connectivity index (χ0v) is 12.5. The number of nitrogens with one attached hydrogen (secondary N) is 1. The van der Waals surface area contributed by atoms with E-state index in [0.717, 1.165) is 12.2 Å². The molecule has 1 saturated heterocycles. The number of amides is 1. The number of carbonyl (C=O) groups excluding carboxylic acids is 1. The van der Waals surface area contributed by atoms with Crippen LogP contribution in [0, 0.1) is 0 Å². The van der Waals surface area contributed by atoms with Crippen molar-refractivity contribution in [3.63, 3.8) is 0 Å². The maximum atomic E-state index is 12.5. The fraction of sp³-hybridized carbons (Fsp3) is 0.562. The predicted molar refractivity (Wildman–Crippen MR) is 80.5 cm³/mol. The lowest BCUT2D eigenvalue weighted by Gasteiger charge is -2.18. The Morgan fingerprint density at radius 1 is 1.24 bits per heavy atom. The first-order valence-corrected chi connectivity index (χ1v) is 7.39. The second-order valence-electron chi connectivity index (χ2n) is 5.72. The van der Waals surface area contributed by atoms with Crippen molar-refractivity contribution in [1.29, 1.82) is 0 Å². The van der Waals surface area contributed by atoms with Gasteiger partial charge in [-0.05, 0) is 11.6 Å².